The van der Waals surface area contributed by atoms with E-state index in [1.165, 1.54) is 12.1 Å². The van der Waals surface area contributed by atoms with E-state index in [1.807, 2.05) is 0 Å². The summed E-state index contributed by atoms with van der Waals surface area (Å²) in [6, 6.07) is 5.60. The van der Waals surface area contributed by atoms with Crippen molar-refractivity contribution in [1.82, 2.24) is 5.32 Å². The van der Waals surface area contributed by atoms with Crippen molar-refractivity contribution in [1.29, 1.82) is 0 Å². The minimum Gasteiger partial charge on any atom is -0.506 e. The van der Waals surface area contributed by atoms with Crippen LogP contribution in [0, 0.1) is 15.2 Å². The zero-order valence-electron chi connectivity index (χ0n) is 16.8. The first-order valence-electron chi connectivity index (χ1n) is 9.13. The molecule has 32 heavy (non-hydrogen) atoms. The first-order chi connectivity index (χ1) is 14.9. The number of nitrogens with one attached hydrogen (secondary N) is 1. The highest BCUT2D eigenvalue weighted by atomic mass is 127. The molecule has 0 saturated carbocycles. The standard InChI is InChI=1S/C13H7F2IO3.C7H17NO5/c14-7-1-2-8(10(15)5-7)6-3-9(13(18)19)12(17)11(16)4-6;1-8-2-4(10)6(12)7(13)5(11)3-9/h1-5,17H,(H,18,19);4-13H,2-3H2,1H3/t;4-,5+,6+,7+/m.0/s1. The van der Waals surface area contributed by atoms with Crippen molar-refractivity contribution in [2.45, 2.75) is 24.4 Å². The van der Waals surface area contributed by atoms with Gasteiger partial charge in [-0.25, -0.2) is 13.6 Å². The lowest BCUT2D eigenvalue weighted by Crippen LogP contribution is -2.48. The van der Waals surface area contributed by atoms with Crippen LogP contribution in [-0.2, 0) is 0 Å². The van der Waals surface area contributed by atoms with Gasteiger partial charge in [0, 0.05) is 18.2 Å². The van der Waals surface area contributed by atoms with E-state index in [4.69, 9.17) is 25.5 Å². The molecule has 0 radical (unpaired) electrons. The van der Waals surface area contributed by atoms with Crippen molar-refractivity contribution in [3.8, 4) is 16.9 Å². The smallest absolute Gasteiger partial charge is 0.339 e. The molecule has 0 bridgehead atoms. The molecule has 4 atom stereocenters. The van der Waals surface area contributed by atoms with Crippen LogP contribution in [0.15, 0.2) is 30.3 Å². The Labute approximate surface area is 195 Å². The van der Waals surface area contributed by atoms with E-state index in [2.05, 4.69) is 5.32 Å². The van der Waals surface area contributed by atoms with Crippen LogP contribution in [0.4, 0.5) is 8.78 Å². The second-order valence-electron chi connectivity index (χ2n) is 6.64. The number of benzene rings is 2. The second-order valence-corrected chi connectivity index (χ2v) is 7.80. The molecule has 0 amide bonds. The highest BCUT2D eigenvalue weighted by molar-refractivity contribution is 14.1. The predicted molar refractivity (Wildman–Crippen MR) is 118 cm³/mol. The number of aromatic carboxylic acids is 1. The number of likely N-dealkylation sites (N-methyl/N-ethyl adjacent to an activating group) is 1. The molecular formula is C20H24F2INO8. The normalized spacial score (nSPS) is 14.7. The number of aromatic hydroxyl groups is 1. The van der Waals surface area contributed by atoms with Crippen molar-refractivity contribution in [2.75, 3.05) is 20.2 Å². The van der Waals surface area contributed by atoms with E-state index >= 15 is 0 Å². The fourth-order valence-electron chi connectivity index (χ4n) is 2.53. The van der Waals surface area contributed by atoms with Crippen LogP contribution >= 0.6 is 22.6 Å². The van der Waals surface area contributed by atoms with Gasteiger partial charge < -0.3 is 41.1 Å². The molecule has 0 saturated heterocycles. The van der Waals surface area contributed by atoms with E-state index in [0.717, 1.165) is 18.2 Å². The molecule has 2 aromatic rings. The zero-order chi connectivity index (χ0) is 24.6. The van der Waals surface area contributed by atoms with E-state index < -0.39 is 48.6 Å². The SMILES string of the molecule is CNC[C@H](O)[C@@H](O)[C@H](O)[C@H](O)CO.O=C(O)c1cc(-c2ccc(F)cc2F)cc(I)c1O. The van der Waals surface area contributed by atoms with Crippen LogP contribution in [0.1, 0.15) is 10.4 Å². The number of phenols is 1. The van der Waals surface area contributed by atoms with Gasteiger partial charge in [0.1, 0.15) is 41.3 Å². The average molecular weight is 571 g/mol. The largest absolute Gasteiger partial charge is 0.506 e. The van der Waals surface area contributed by atoms with Gasteiger partial charge in [-0.2, -0.15) is 0 Å². The Bertz CT molecular complexity index is 917. The molecule has 0 aliphatic carbocycles. The third kappa shape index (κ3) is 7.58. The van der Waals surface area contributed by atoms with Gasteiger partial charge in [-0.1, -0.05) is 0 Å². The Morgan fingerprint density at radius 2 is 1.66 bits per heavy atom. The monoisotopic (exact) mass is 571 g/mol. The number of carbonyl (C=O) groups is 1. The summed E-state index contributed by atoms with van der Waals surface area (Å²) < 4.78 is 26.8. The molecule has 12 heteroatoms. The molecule has 9 nitrogen and oxygen atoms in total. The lowest BCUT2D eigenvalue weighted by Gasteiger charge is -2.25. The quantitative estimate of drug-likeness (QED) is 0.208. The van der Waals surface area contributed by atoms with Crippen molar-refractivity contribution in [2.24, 2.45) is 0 Å². The molecule has 178 valence electrons. The summed E-state index contributed by atoms with van der Waals surface area (Å²) in [5, 5.41) is 66.0. The highest BCUT2D eigenvalue weighted by Gasteiger charge is 2.29. The van der Waals surface area contributed by atoms with E-state index in [0.29, 0.717) is 0 Å². The number of halogens is 3. The highest BCUT2D eigenvalue weighted by Crippen LogP contribution is 2.32. The van der Waals surface area contributed by atoms with Gasteiger partial charge in [-0.15, -0.1) is 0 Å². The first-order valence-corrected chi connectivity index (χ1v) is 10.2. The van der Waals surface area contributed by atoms with Gasteiger partial charge in [0.25, 0.3) is 0 Å². The molecule has 0 heterocycles. The van der Waals surface area contributed by atoms with Crippen LogP contribution in [0.3, 0.4) is 0 Å². The molecular weight excluding hydrogens is 547 g/mol. The maximum Gasteiger partial charge on any atom is 0.339 e. The third-order valence-corrected chi connectivity index (χ3v) is 5.10. The van der Waals surface area contributed by atoms with Gasteiger partial charge in [0.2, 0.25) is 0 Å². The summed E-state index contributed by atoms with van der Waals surface area (Å²) in [4.78, 5) is 11.0. The second kappa shape index (κ2) is 12.9. The third-order valence-electron chi connectivity index (χ3n) is 4.27. The summed E-state index contributed by atoms with van der Waals surface area (Å²) >= 11 is 1.74. The Balaban J connectivity index is 0.000000347. The Kier molecular flexibility index (Phi) is 11.4. The van der Waals surface area contributed by atoms with Gasteiger partial charge in [-0.3, -0.25) is 0 Å². The number of aliphatic hydroxyl groups is 5. The molecule has 0 aliphatic heterocycles. The zero-order valence-corrected chi connectivity index (χ0v) is 18.9. The summed E-state index contributed by atoms with van der Waals surface area (Å²) in [7, 11) is 1.57. The molecule has 0 unspecified atom stereocenters. The molecule has 8 N–H and O–H groups in total. The van der Waals surface area contributed by atoms with E-state index in [9.17, 15) is 23.8 Å². The fourth-order valence-corrected chi connectivity index (χ4v) is 3.16. The molecule has 0 fully saturated rings. The molecule has 0 aliphatic rings. The number of aliphatic hydroxyl groups excluding tert-OH is 5. The van der Waals surface area contributed by atoms with Crippen LogP contribution < -0.4 is 5.32 Å². The van der Waals surface area contributed by atoms with Crippen molar-refractivity contribution < 1.29 is 49.3 Å². The van der Waals surface area contributed by atoms with Gasteiger partial charge in [-0.05, 0) is 59.5 Å². The van der Waals surface area contributed by atoms with E-state index in [1.54, 1.807) is 29.6 Å². The number of rotatable bonds is 8. The van der Waals surface area contributed by atoms with Gasteiger partial charge in [0.05, 0.1) is 16.3 Å². The number of carboxylic acids is 1. The molecule has 2 rings (SSSR count). The first kappa shape index (κ1) is 28.1. The van der Waals surface area contributed by atoms with Crippen LogP contribution in [0.5, 0.6) is 5.75 Å². The van der Waals surface area contributed by atoms with Crippen molar-refractivity contribution >= 4 is 28.6 Å². The minimum absolute atomic E-state index is 0.0711. The summed E-state index contributed by atoms with van der Waals surface area (Å²) in [6.07, 6.45) is -5.65. The number of hydrogen-bond donors (Lipinski definition) is 8. The predicted octanol–water partition coefficient (Wildman–Crippen LogP) is 0.282. The van der Waals surface area contributed by atoms with E-state index in [-0.39, 0.29) is 32.6 Å². The summed E-state index contributed by atoms with van der Waals surface area (Å²) in [6.45, 7) is -0.569. The van der Waals surface area contributed by atoms with Crippen LogP contribution in [0.25, 0.3) is 11.1 Å². The minimum atomic E-state index is -1.55. The molecule has 0 spiro atoms. The van der Waals surface area contributed by atoms with Crippen molar-refractivity contribution in [3.63, 3.8) is 0 Å². The lowest BCUT2D eigenvalue weighted by molar-refractivity contribution is -0.113. The van der Waals surface area contributed by atoms with Gasteiger partial charge >= 0.3 is 5.97 Å². The summed E-state index contributed by atoms with van der Waals surface area (Å²) in [5.74, 6) is -3.20. The van der Waals surface area contributed by atoms with Crippen LogP contribution in [0.2, 0.25) is 0 Å². The van der Waals surface area contributed by atoms with Gasteiger partial charge in [0.15, 0.2) is 0 Å². The van der Waals surface area contributed by atoms with Crippen LogP contribution in [-0.4, -0.2) is 86.3 Å². The Hall–Kier alpha value is -1.94. The fraction of sp³-hybridized carbons (Fsp3) is 0.350. The van der Waals surface area contributed by atoms with Crippen molar-refractivity contribution in [3.05, 3.63) is 51.1 Å². The Morgan fingerprint density at radius 1 is 1.06 bits per heavy atom. The molecule has 2 aromatic carbocycles. The maximum absolute atomic E-state index is 13.6. The average Bonchev–Trinajstić information content (AvgIpc) is 2.74. The lowest BCUT2D eigenvalue weighted by atomic mass is 10.0. The maximum atomic E-state index is 13.6. The topological polar surface area (TPSA) is 171 Å². The summed E-state index contributed by atoms with van der Waals surface area (Å²) in [5.41, 5.74) is 0.00420. The number of hydrogen-bond acceptors (Lipinski definition) is 8. The molecule has 0 aromatic heterocycles. The Morgan fingerprint density at radius 3 is 2.16 bits per heavy atom. The number of carboxylic acid groups (broad SMARTS) is 1.